The minimum atomic E-state index is -0.408. The van der Waals surface area contributed by atoms with Crippen molar-refractivity contribution in [2.24, 2.45) is 33.5 Å². The normalized spacial score (nSPS) is 55.2. The van der Waals surface area contributed by atoms with Gasteiger partial charge in [-0.15, -0.1) is 0 Å². The Morgan fingerprint density at radius 1 is 1.08 bits per heavy atom. The molecule has 26 heavy (non-hydrogen) atoms. The summed E-state index contributed by atoms with van der Waals surface area (Å²) in [4.78, 5) is 11.6. The van der Waals surface area contributed by atoms with E-state index in [9.17, 15) is 15.0 Å². The third-order valence-electron chi connectivity index (χ3n) is 9.11. The van der Waals surface area contributed by atoms with Crippen molar-refractivity contribution in [3.05, 3.63) is 12.2 Å². The molecule has 8 atom stereocenters. The van der Waals surface area contributed by atoms with Crippen LogP contribution in [0.25, 0.3) is 0 Å². The summed E-state index contributed by atoms with van der Waals surface area (Å²) < 4.78 is 5.66. The third-order valence-corrected chi connectivity index (χ3v) is 9.11. The SMILES string of the molecule is CC(=O)O[C@@H]1CC[C@]2(C)[C@H](CC[C@@]34C=C[C@@](C)(CC[C@@H]23)[C@@H]4O)[C@@]1(C)CO. The molecule has 2 bridgehead atoms. The van der Waals surface area contributed by atoms with E-state index < -0.39 is 5.41 Å². The van der Waals surface area contributed by atoms with E-state index in [4.69, 9.17) is 4.74 Å². The number of aliphatic hydroxyl groups excluding tert-OH is 2. The number of carbonyl (C=O) groups is 1. The second kappa shape index (κ2) is 5.57. The molecule has 3 fully saturated rings. The lowest BCUT2D eigenvalue weighted by Gasteiger charge is -2.66. The van der Waals surface area contributed by atoms with E-state index in [2.05, 4.69) is 32.9 Å². The highest BCUT2D eigenvalue weighted by Gasteiger charge is 2.68. The van der Waals surface area contributed by atoms with Gasteiger partial charge < -0.3 is 14.9 Å². The molecule has 0 amide bonds. The van der Waals surface area contributed by atoms with Gasteiger partial charge >= 0.3 is 5.97 Å². The zero-order valence-corrected chi connectivity index (χ0v) is 16.6. The van der Waals surface area contributed by atoms with Crippen LogP contribution in [0.4, 0.5) is 0 Å². The number of hydrogen-bond acceptors (Lipinski definition) is 4. The van der Waals surface area contributed by atoms with Crippen LogP contribution in [-0.2, 0) is 9.53 Å². The van der Waals surface area contributed by atoms with E-state index in [-0.39, 0.29) is 41.0 Å². The van der Waals surface area contributed by atoms with Crippen LogP contribution in [0.2, 0.25) is 0 Å². The molecule has 4 heteroatoms. The van der Waals surface area contributed by atoms with Crippen molar-refractivity contribution in [1.82, 2.24) is 0 Å². The van der Waals surface area contributed by atoms with Gasteiger partial charge in [0.05, 0.1) is 12.7 Å². The van der Waals surface area contributed by atoms with Gasteiger partial charge in [-0.2, -0.15) is 0 Å². The van der Waals surface area contributed by atoms with Crippen molar-refractivity contribution in [3.63, 3.8) is 0 Å². The fourth-order valence-electron chi connectivity index (χ4n) is 7.73. The standard InChI is InChI=1S/C22H34O4/c1-14(24)26-17-7-9-20(3)15(21(17,4)13-23)6-10-22-12-11-19(2,18(22)25)8-5-16(20)22/h11-12,15-18,23,25H,5-10,13H2,1-4H3/t15-,16-,17+,18-,19+,20+,21+,22+/m0/s1. The average Bonchev–Trinajstić information content (AvgIpc) is 2.74. The first kappa shape index (κ1) is 18.5. The lowest BCUT2D eigenvalue weighted by atomic mass is 9.39. The predicted molar refractivity (Wildman–Crippen MR) is 99.2 cm³/mol. The lowest BCUT2D eigenvalue weighted by molar-refractivity contribution is -0.224. The summed E-state index contributed by atoms with van der Waals surface area (Å²) in [6, 6.07) is 0. The van der Waals surface area contributed by atoms with E-state index in [1.807, 2.05) is 0 Å². The van der Waals surface area contributed by atoms with Crippen LogP contribution in [0.5, 0.6) is 0 Å². The van der Waals surface area contributed by atoms with Gasteiger partial charge in [0.15, 0.2) is 0 Å². The lowest BCUT2D eigenvalue weighted by Crippen LogP contribution is -2.64. The minimum Gasteiger partial charge on any atom is -0.462 e. The van der Waals surface area contributed by atoms with Crippen molar-refractivity contribution in [2.75, 3.05) is 6.61 Å². The van der Waals surface area contributed by atoms with Crippen molar-refractivity contribution >= 4 is 5.97 Å². The summed E-state index contributed by atoms with van der Waals surface area (Å²) in [5.41, 5.74) is -0.532. The highest BCUT2D eigenvalue weighted by molar-refractivity contribution is 5.66. The Balaban J connectivity index is 1.72. The summed E-state index contributed by atoms with van der Waals surface area (Å²) in [6.07, 6.45) is 10.0. The maximum atomic E-state index is 11.6. The second-order valence-corrected chi connectivity index (χ2v) is 10.3. The van der Waals surface area contributed by atoms with Crippen molar-refractivity contribution in [2.45, 2.75) is 78.4 Å². The Morgan fingerprint density at radius 2 is 1.77 bits per heavy atom. The third kappa shape index (κ3) is 2.12. The minimum absolute atomic E-state index is 0.0427. The molecule has 4 nitrogen and oxygen atoms in total. The molecule has 0 aromatic heterocycles. The van der Waals surface area contributed by atoms with Gasteiger partial charge in [-0.1, -0.05) is 32.9 Å². The molecule has 0 aromatic rings. The summed E-state index contributed by atoms with van der Waals surface area (Å²) in [7, 11) is 0. The van der Waals surface area contributed by atoms with Crippen LogP contribution in [0.1, 0.15) is 66.2 Å². The fourth-order valence-corrected chi connectivity index (χ4v) is 7.73. The van der Waals surface area contributed by atoms with E-state index in [1.165, 1.54) is 6.92 Å². The van der Waals surface area contributed by atoms with Gasteiger partial charge in [0.2, 0.25) is 0 Å². The first-order chi connectivity index (χ1) is 12.1. The fraction of sp³-hybridized carbons (Fsp3) is 0.864. The number of carbonyl (C=O) groups excluding carboxylic acids is 1. The average molecular weight is 363 g/mol. The van der Waals surface area contributed by atoms with Crippen LogP contribution < -0.4 is 0 Å². The van der Waals surface area contributed by atoms with Crippen LogP contribution in [0.3, 0.4) is 0 Å². The van der Waals surface area contributed by atoms with E-state index in [0.717, 1.165) is 38.5 Å². The van der Waals surface area contributed by atoms with Gasteiger partial charge in [0.1, 0.15) is 6.10 Å². The Hall–Kier alpha value is -0.870. The molecule has 0 aliphatic heterocycles. The topological polar surface area (TPSA) is 66.8 Å². The highest BCUT2D eigenvalue weighted by Crippen LogP contribution is 2.71. The number of ether oxygens (including phenoxy) is 1. The van der Waals surface area contributed by atoms with E-state index in [0.29, 0.717) is 11.8 Å². The van der Waals surface area contributed by atoms with Gasteiger partial charge in [-0.05, 0) is 55.8 Å². The molecule has 0 radical (unpaired) electrons. The molecule has 0 aromatic carbocycles. The van der Waals surface area contributed by atoms with Gasteiger partial charge in [-0.25, -0.2) is 0 Å². The zero-order chi connectivity index (χ0) is 19.0. The number of hydrogen-bond donors (Lipinski definition) is 2. The molecule has 4 aliphatic carbocycles. The summed E-state index contributed by atoms with van der Waals surface area (Å²) in [5.74, 6) is 0.479. The molecule has 0 unspecified atom stereocenters. The van der Waals surface area contributed by atoms with Gasteiger partial charge in [0.25, 0.3) is 0 Å². The summed E-state index contributed by atoms with van der Waals surface area (Å²) >= 11 is 0. The molecule has 2 N–H and O–H groups in total. The van der Waals surface area contributed by atoms with Gasteiger partial charge in [-0.3, -0.25) is 4.79 Å². The molecule has 1 spiro atoms. The molecular weight excluding hydrogens is 328 g/mol. The van der Waals surface area contributed by atoms with Crippen molar-refractivity contribution in [1.29, 1.82) is 0 Å². The molecule has 0 heterocycles. The number of esters is 1. The number of fused-ring (bicyclic) bond motifs is 3. The van der Waals surface area contributed by atoms with Crippen molar-refractivity contribution < 1.29 is 19.7 Å². The van der Waals surface area contributed by atoms with Crippen molar-refractivity contribution in [3.8, 4) is 0 Å². The van der Waals surface area contributed by atoms with E-state index in [1.54, 1.807) is 0 Å². The number of rotatable bonds is 2. The molecule has 4 aliphatic rings. The molecule has 0 saturated heterocycles. The quantitative estimate of drug-likeness (QED) is 0.583. The summed E-state index contributed by atoms with van der Waals surface area (Å²) in [5, 5.41) is 21.6. The van der Waals surface area contributed by atoms with Crippen LogP contribution >= 0.6 is 0 Å². The molecule has 146 valence electrons. The Kier molecular flexibility index (Phi) is 3.96. The summed E-state index contributed by atoms with van der Waals surface area (Å²) in [6.45, 7) is 8.18. The molecular formula is C22H34O4. The highest BCUT2D eigenvalue weighted by atomic mass is 16.5. The predicted octanol–water partition coefficient (Wildman–Crippen LogP) is 3.46. The second-order valence-electron chi connectivity index (χ2n) is 10.3. The first-order valence-corrected chi connectivity index (χ1v) is 10.3. The number of aliphatic hydroxyl groups is 2. The first-order valence-electron chi connectivity index (χ1n) is 10.3. The molecule has 3 saturated carbocycles. The monoisotopic (exact) mass is 362 g/mol. The maximum absolute atomic E-state index is 11.6. The van der Waals surface area contributed by atoms with Crippen LogP contribution in [0, 0.1) is 33.5 Å². The Bertz CT molecular complexity index is 644. The van der Waals surface area contributed by atoms with Gasteiger partial charge in [0, 0.05) is 23.2 Å². The smallest absolute Gasteiger partial charge is 0.302 e. The Morgan fingerprint density at radius 3 is 2.42 bits per heavy atom. The maximum Gasteiger partial charge on any atom is 0.302 e. The van der Waals surface area contributed by atoms with Crippen LogP contribution in [-0.4, -0.2) is 35.0 Å². The Labute approximate surface area is 157 Å². The zero-order valence-electron chi connectivity index (χ0n) is 16.6. The van der Waals surface area contributed by atoms with E-state index >= 15 is 0 Å². The molecule has 4 rings (SSSR count). The van der Waals surface area contributed by atoms with Crippen LogP contribution in [0.15, 0.2) is 12.2 Å². The largest absolute Gasteiger partial charge is 0.462 e.